The van der Waals surface area contributed by atoms with Gasteiger partial charge in [-0.25, -0.2) is 0 Å². The van der Waals surface area contributed by atoms with E-state index in [1.54, 1.807) is 0 Å². The third-order valence-corrected chi connectivity index (χ3v) is 8.10. The second-order valence-corrected chi connectivity index (χ2v) is 10.2. The summed E-state index contributed by atoms with van der Waals surface area (Å²) in [5.74, 6) is 0.224. The van der Waals surface area contributed by atoms with Gasteiger partial charge in [-0.3, -0.25) is 9.69 Å². The molecule has 3 aliphatic heterocycles. The Hall–Kier alpha value is -3.40. The lowest BCUT2D eigenvalue weighted by atomic mass is 9.94. The number of ether oxygens (including phenoxy) is 1. The van der Waals surface area contributed by atoms with Gasteiger partial charge in [0, 0.05) is 61.9 Å². The predicted octanol–water partition coefficient (Wildman–Crippen LogP) is 4.66. The highest BCUT2D eigenvalue weighted by Gasteiger charge is 2.29. The molecule has 3 aromatic carbocycles. The van der Waals surface area contributed by atoms with E-state index in [1.165, 1.54) is 22.2 Å². The van der Waals surface area contributed by atoms with Gasteiger partial charge in [0.2, 0.25) is 5.91 Å². The molecule has 2 saturated heterocycles. The fraction of sp³-hybridized carbons (Fsp3) is 0.400. The first-order chi connectivity index (χ1) is 17.6. The van der Waals surface area contributed by atoms with Crippen molar-refractivity contribution < 1.29 is 9.53 Å². The maximum absolute atomic E-state index is 11.9. The molecule has 36 heavy (non-hydrogen) atoms. The summed E-state index contributed by atoms with van der Waals surface area (Å²) in [6.07, 6.45) is 2.67. The molecule has 0 saturated carbocycles. The predicted molar refractivity (Wildman–Crippen MR) is 142 cm³/mol. The molecule has 0 radical (unpaired) electrons. The number of anilines is 2. The van der Waals surface area contributed by atoms with Crippen LogP contribution in [0.25, 0.3) is 10.8 Å². The summed E-state index contributed by atoms with van der Waals surface area (Å²) in [4.78, 5) is 18.8. The molecule has 6 rings (SSSR count). The first kappa shape index (κ1) is 23.0. The molecule has 184 valence electrons. The van der Waals surface area contributed by atoms with E-state index in [4.69, 9.17) is 4.74 Å². The van der Waals surface area contributed by atoms with Gasteiger partial charge in [0.1, 0.15) is 0 Å². The molecule has 3 aromatic rings. The topological polar surface area (TPSA) is 59.8 Å². The van der Waals surface area contributed by atoms with Crippen molar-refractivity contribution in [3.05, 3.63) is 71.3 Å². The molecule has 6 nitrogen and oxygen atoms in total. The number of rotatable bonds is 5. The highest BCUT2D eigenvalue weighted by atomic mass is 16.5. The van der Waals surface area contributed by atoms with Crippen LogP contribution in [-0.4, -0.2) is 56.2 Å². The molecule has 6 heteroatoms. The quantitative estimate of drug-likeness (QED) is 0.497. The van der Waals surface area contributed by atoms with Gasteiger partial charge in [0.05, 0.1) is 24.3 Å². The van der Waals surface area contributed by atoms with Crippen molar-refractivity contribution in [2.75, 3.05) is 49.1 Å². The third kappa shape index (κ3) is 4.23. The monoisotopic (exact) mass is 480 g/mol. The van der Waals surface area contributed by atoms with Crippen LogP contribution in [0, 0.1) is 11.3 Å². The van der Waals surface area contributed by atoms with Crippen LogP contribution >= 0.6 is 0 Å². The van der Waals surface area contributed by atoms with Gasteiger partial charge < -0.3 is 14.5 Å². The Morgan fingerprint density at radius 1 is 1.06 bits per heavy atom. The number of piperazine rings is 1. The fourth-order valence-electron chi connectivity index (χ4n) is 5.96. The Morgan fingerprint density at radius 2 is 1.97 bits per heavy atom. The summed E-state index contributed by atoms with van der Waals surface area (Å²) >= 11 is 0. The minimum Gasteiger partial charge on any atom is -0.373 e. The standard InChI is InChI=1S/C30H32N4O2/c1-21-20-33(28-4-2-3-23-17-22(19-31)5-7-26(23)28)15-14-32(21)12-9-29-27-8-6-25(34-13-10-30(34)35)18-24(27)11-16-36-29/h2-8,17-18,21,29H,9-16,20H2,1H3/t21-,29+/m1/s1. The summed E-state index contributed by atoms with van der Waals surface area (Å²) in [5.41, 5.74) is 5.61. The van der Waals surface area contributed by atoms with E-state index < -0.39 is 0 Å². The van der Waals surface area contributed by atoms with Crippen molar-refractivity contribution in [1.29, 1.82) is 5.26 Å². The zero-order chi connectivity index (χ0) is 24.6. The maximum Gasteiger partial charge on any atom is 0.228 e. The van der Waals surface area contributed by atoms with Crippen LogP contribution in [0.2, 0.25) is 0 Å². The Bertz CT molecular complexity index is 1350. The van der Waals surface area contributed by atoms with E-state index in [-0.39, 0.29) is 12.0 Å². The Morgan fingerprint density at radius 3 is 2.75 bits per heavy atom. The lowest BCUT2D eigenvalue weighted by molar-refractivity contribution is -0.122. The molecule has 1 amide bonds. The van der Waals surface area contributed by atoms with Crippen molar-refractivity contribution in [1.82, 2.24) is 4.90 Å². The number of β-lactam (4-membered cyclic amide) rings is 1. The van der Waals surface area contributed by atoms with Crippen LogP contribution in [-0.2, 0) is 16.0 Å². The normalized spacial score (nSPS) is 22.3. The summed E-state index contributed by atoms with van der Waals surface area (Å²) in [6, 6.07) is 21.5. The molecule has 0 unspecified atom stereocenters. The number of carbonyl (C=O) groups excluding carboxylic acids is 1. The largest absolute Gasteiger partial charge is 0.373 e. The van der Waals surface area contributed by atoms with Crippen LogP contribution in [0.3, 0.4) is 0 Å². The zero-order valence-corrected chi connectivity index (χ0v) is 20.8. The number of hydrogen-bond donors (Lipinski definition) is 0. The molecule has 3 heterocycles. The zero-order valence-electron chi connectivity index (χ0n) is 20.8. The number of nitriles is 1. The second-order valence-electron chi connectivity index (χ2n) is 10.2. The summed E-state index contributed by atoms with van der Waals surface area (Å²) in [5, 5.41) is 11.6. The minimum atomic E-state index is 0.118. The molecule has 2 atom stereocenters. The average molecular weight is 481 g/mol. The van der Waals surface area contributed by atoms with Crippen LogP contribution in [0.1, 0.15) is 42.6 Å². The van der Waals surface area contributed by atoms with Gasteiger partial charge >= 0.3 is 0 Å². The maximum atomic E-state index is 11.9. The van der Waals surface area contributed by atoms with Gasteiger partial charge in [0.25, 0.3) is 0 Å². The van der Waals surface area contributed by atoms with Gasteiger partial charge in [-0.15, -0.1) is 0 Å². The van der Waals surface area contributed by atoms with Gasteiger partial charge in [-0.2, -0.15) is 5.26 Å². The molecule has 0 N–H and O–H groups in total. The van der Waals surface area contributed by atoms with E-state index in [0.717, 1.165) is 63.2 Å². The molecule has 0 aliphatic carbocycles. The summed E-state index contributed by atoms with van der Waals surface area (Å²) < 4.78 is 6.21. The highest BCUT2D eigenvalue weighted by Crippen LogP contribution is 2.35. The van der Waals surface area contributed by atoms with Gasteiger partial charge in [-0.1, -0.05) is 24.3 Å². The minimum absolute atomic E-state index is 0.118. The number of hydrogen-bond acceptors (Lipinski definition) is 5. The van der Waals surface area contributed by atoms with E-state index in [1.807, 2.05) is 17.0 Å². The molecule has 2 fully saturated rings. The van der Waals surface area contributed by atoms with Crippen LogP contribution in [0.4, 0.5) is 11.4 Å². The molecular weight excluding hydrogens is 448 g/mol. The van der Waals surface area contributed by atoms with Crippen molar-refractivity contribution in [3.63, 3.8) is 0 Å². The van der Waals surface area contributed by atoms with E-state index in [2.05, 4.69) is 65.3 Å². The third-order valence-electron chi connectivity index (χ3n) is 8.10. The first-order valence-electron chi connectivity index (χ1n) is 13.1. The Balaban J connectivity index is 1.10. The SMILES string of the molecule is C[C@@H]1CN(c2cccc3cc(C#N)ccc23)CCN1CC[C@@H]1OCCc2cc(N3CCC3=O)ccc21. The summed E-state index contributed by atoms with van der Waals surface area (Å²) in [6.45, 7) is 7.88. The van der Waals surface area contributed by atoms with E-state index in [9.17, 15) is 10.1 Å². The lowest BCUT2D eigenvalue weighted by Gasteiger charge is -2.42. The van der Waals surface area contributed by atoms with Crippen molar-refractivity contribution >= 4 is 28.1 Å². The molecule has 0 bridgehead atoms. The van der Waals surface area contributed by atoms with Crippen molar-refractivity contribution in [2.45, 2.75) is 38.3 Å². The average Bonchev–Trinajstić information content (AvgIpc) is 2.90. The molecular formula is C30H32N4O2. The number of carbonyl (C=O) groups is 1. The van der Waals surface area contributed by atoms with Gasteiger partial charge in [-0.05, 0) is 66.6 Å². The van der Waals surface area contributed by atoms with Crippen LogP contribution in [0.15, 0.2) is 54.6 Å². The lowest BCUT2D eigenvalue weighted by Crippen LogP contribution is -2.52. The Kier molecular flexibility index (Phi) is 6.12. The smallest absolute Gasteiger partial charge is 0.228 e. The van der Waals surface area contributed by atoms with Crippen molar-refractivity contribution in [2.24, 2.45) is 0 Å². The second kappa shape index (κ2) is 9.57. The molecule has 0 aromatic heterocycles. The highest BCUT2D eigenvalue weighted by molar-refractivity contribution is 5.99. The molecule has 3 aliphatic rings. The fourth-order valence-corrected chi connectivity index (χ4v) is 5.96. The number of benzene rings is 3. The van der Waals surface area contributed by atoms with Gasteiger partial charge in [0.15, 0.2) is 0 Å². The van der Waals surface area contributed by atoms with E-state index in [0.29, 0.717) is 18.0 Å². The summed E-state index contributed by atoms with van der Waals surface area (Å²) in [7, 11) is 0. The number of amides is 1. The number of fused-ring (bicyclic) bond motifs is 2. The van der Waals surface area contributed by atoms with E-state index >= 15 is 0 Å². The van der Waals surface area contributed by atoms with Crippen LogP contribution < -0.4 is 9.80 Å². The number of nitrogens with zero attached hydrogens (tertiary/aromatic N) is 4. The first-order valence-corrected chi connectivity index (χ1v) is 13.1. The molecule has 0 spiro atoms. The van der Waals surface area contributed by atoms with Crippen LogP contribution in [0.5, 0.6) is 0 Å². The Labute approximate surface area is 212 Å². The van der Waals surface area contributed by atoms with Crippen molar-refractivity contribution in [3.8, 4) is 6.07 Å².